The first-order valence-electron chi connectivity index (χ1n) is 5.83. The molecule has 0 saturated heterocycles. The number of rotatable bonds is 2. The number of carbonyl (C=O) groups is 1. The third-order valence-corrected chi connectivity index (χ3v) is 4.19. The predicted molar refractivity (Wildman–Crippen MR) is 75.7 cm³/mol. The predicted octanol–water partition coefficient (Wildman–Crippen LogP) is 3.97. The van der Waals surface area contributed by atoms with Gasteiger partial charge in [-0.2, -0.15) is 0 Å². The molecule has 2 aromatic rings. The number of alkyl halides is 2. The van der Waals surface area contributed by atoms with Crippen molar-refractivity contribution in [3.63, 3.8) is 0 Å². The fourth-order valence-electron chi connectivity index (χ4n) is 2.57. The maximum Gasteiger partial charge on any atom is 0.344 e. The van der Waals surface area contributed by atoms with E-state index in [9.17, 15) is 9.90 Å². The molecule has 3 rings (SSSR count). The van der Waals surface area contributed by atoms with Gasteiger partial charge in [-0.15, -0.1) is 0 Å². The van der Waals surface area contributed by atoms with Gasteiger partial charge < -0.3 is 5.11 Å². The summed E-state index contributed by atoms with van der Waals surface area (Å²) in [4.78, 5) is 11.2. The van der Waals surface area contributed by atoms with Crippen LogP contribution in [0.1, 0.15) is 16.7 Å². The van der Waals surface area contributed by atoms with Crippen LogP contribution in [0.5, 0.6) is 0 Å². The Morgan fingerprint density at radius 3 is 2.47 bits per heavy atom. The largest absolute Gasteiger partial charge is 0.479 e. The Morgan fingerprint density at radius 1 is 1.05 bits per heavy atom. The summed E-state index contributed by atoms with van der Waals surface area (Å²) in [5.41, 5.74) is 4.65. The first-order valence-corrected chi connectivity index (χ1v) is 6.59. The Labute approximate surface area is 120 Å². The lowest BCUT2D eigenvalue weighted by Gasteiger charge is -2.18. The number of benzene rings is 2. The van der Waals surface area contributed by atoms with E-state index in [1.165, 1.54) is 5.56 Å². The third kappa shape index (κ3) is 1.83. The lowest BCUT2D eigenvalue weighted by atomic mass is 9.98. The second kappa shape index (κ2) is 4.26. The minimum atomic E-state index is -1.91. The molecule has 0 unspecified atom stereocenters. The van der Waals surface area contributed by atoms with E-state index in [1.54, 1.807) is 12.1 Å². The zero-order valence-corrected chi connectivity index (χ0v) is 11.4. The van der Waals surface area contributed by atoms with Gasteiger partial charge in [-0.05, 0) is 28.7 Å². The molecule has 1 N–H and O–H groups in total. The van der Waals surface area contributed by atoms with Crippen LogP contribution in [0.25, 0.3) is 11.1 Å². The molecule has 0 atom stereocenters. The average molecular weight is 293 g/mol. The molecule has 0 saturated carbocycles. The number of hydrogen-bond acceptors (Lipinski definition) is 1. The van der Waals surface area contributed by atoms with E-state index < -0.39 is 10.3 Å². The van der Waals surface area contributed by atoms with Crippen LogP contribution in [0.15, 0.2) is 42.5 Å². The molecule has 0 spiro atoms. The number of fused-ring (bicyclic) bond motifs is 3. The molecule has 1 aliphatic carbocycles. The van der Waals surface area contributed by atoms with Gasteiger partial charge in [0.1, 0.15) is 0 Å². The van der Waals surface area contributed by atoms with Gasteiger partial charge in [0.2, 0.25) is 4.33 Å². The second-order valence-corrected chi connectivity index (χ2v) is 5.87. The normalized spacial score (nSPS) is 12.9. The van der Waals surface area contributed by atoms with Gasteiger partial charge in [0.15, 0.2) is 0 Å². The summed E-state index contributed by atoms with van der Waals surface area (Å²) in [6.45, 7) is 0. The Morgan fingerprint density at radius 2 is 1.74 bits per heavy atom. The Hall–Kier alpha value is -1.51. The van der Waals surface area contributed by atoms with Crippen LogP contribution in [0.2, 0.25) is 0 Å². The SMILES string of the molecule is O=C(O)C(Cl)(Cl)c1cccc2c1Cc1ccccc1-2. The van der Waals surface area contributed by atoms with Crippen LogP contribution in [0.3, 0.4) is 0 Å². The highest BCUT2D eigenvalue weighted by atomic mass is 35.5. The highest BCUT2D eigenvalue weighted by Gasteiger charge is 2.39. The molecule has 0 aliphatic heterocycles. The molecule has 0 amide bonds. The molecule has 0 radical (unpaired) electrons. The fourth-order valence-corrected chi connectivity index (χ4v) is 2.92. The first-order chi connectivity index (χ1) is 9.01. The van der Waals surface area contributed by atoms with Gasteiger partial charge in [0.25, 0.3) is 0 Å². The van der Waals surface area contributed by atoms with Crippen molar-refractivity contribution in [2.24, 2.45) is 0 Å². The van der Waals surface area contributed by atoms with E-state index >= 15 is 0 Å². The number of aliphatic carboxylic acids is 1. The molecule has 0 bridgehead atoms. The molecule has 2 aromatic carbocycles. The fraction of sp³-hybridized carbons (Fsp3) is 0.133. The lowest BCUT2D eigenvalue weighted by Crippen LogP contribution is -2.24. The first kappa shape index (κ1) is 12.5. The molecule has 4 heteroatoms. The summed E-state index contributed by atoms with van der Waals surface area (Å²) < 4.78 is -1.91. The van der Waals surface area contributed by atoms with E-state index in [1.807, 2.05) is 30.3 Å². The lowest BCUT2D eigenvalue weighted by molar-refractivity contribution is -0.138. The molecule has 1 aliphatic rings. The van der Waals surface area contributed by atoms with Crippen LogP contribution in [0.4, 0.5) is 0 Å². The Balaban J connectivity index is 2.22. The van der Waals surface area contributed by atoms with Gasteiger partial charge in [-0.25, -0.2) is 4.79 Å². The number of carboxylic acids is 1. The van der Waals surface area contributed by atoms with Crippen molar-refractivity contribution < 1.29 is 9.90 Å². The standard InChI is InChI=1S/C15H10Cl2O2/c16-15(17,14(18)19)13-7-3-6-11-10-5-2-1-4-9(10)8-12(11)13/h1-7H,8H2,(H,18,19). The van der Waals surface area contributed by atoms with E-state index in [4.69, 9.17) is 23.2 Å². The van der Waals surface area contributed by atoms with E-state index in [2.05, 4.69) is 0 Å². The molecular formula is C15H10Cl2O2. The number of halogens is 2. The molecule has 2 nitrogen and oxygen atoms in total. The summed E-state index contributed by atoms with van der Waals surface area (Å²) in [5, 5.41) is 9.18. The molecular weight excluding hydrogens is 283 g/mol. The highest BCUT2D eigenvalue weighted by molar-refractivity contribution is 6.56. The summed E-state index contributed by atoms with van der Waals surface area (Å²) in [6.07, 6.45) is 0.663. The second-order valence-electron chi connectivity index (χ2n) is 4.55. The van der Waals surface area contributed by atoms with Gasteiger partial charge >= 0.3 is 5.97 Å². The summed E-state index contributed by atoms with van der Waals surface area (Å²) in [7, 11) is 0. The molecule has 0 fully saturated rings. The third-order valence-electron chi connectivity index (χ3n) is 3.46. The van der Waals surface area contributed by atoms with Crippen molar-refractivity contribution in [3.8, 4) is 11.1 Å². The van der Waals surface area contributed by atoms with Crippen molar-refractivity contribution in [1.82, 2.24) is 0 Å². The monoisotopic (exact) mass is 292 g/mol. The molecule has 19 heavy (non-hydrogen) atoms. The van der Waals surface area contributed by atoms with E-state index in [-0.39, 0.29) is 0 Å². The summed E-state index contributed by atoms with van der Waals surface area (Å²) >= 11 is 12.0. The van der Waals surface area contributed by atoms with Crippen molar-refractivity contribution >= 4 is 29.2 Å². The minimum absolute atomic E-state index is 0.456. The molecule has 0 aromatic heterocycles. The summed E-state index contributed by atoms with van der Waals surface area (Å²) in [6, 6.07) is 13.4. The quantitative estimate of drug-likeness (QED) is 0.726. The highest BCUT2D eigenvalue weighted by Crippen LogP contribution is 2.44. The van der Waals surface area contributed by atoms with Crippen molar-refractivity contribution in [3.05, 3.63) is 59.2 Å². The van der Waals surface area contributed by atoms with E-state index in [0.29, 0.717) is 12.0 Å². The average Bonchev–Trinajstić information content (AvgIpc) is 2.76. The van der Waals surface area contributed by atoms with Crippen LogP contribution < -0.4 is 0 Å². The number of hydrogen-bond donors (Lipinski definition) is 1. The van der Waals surface area contributed by atoms with Crippen molar-refractivity contribution in [1.29, 1.82) is 0 Å². The van der Waals surface area contributed by atoms with Crippen LogP contribution in [0, 0.1) is 0 Å². The van der Waals surface area contributed by atoms with Gasteiger partial charge in [-0.1, -0.05) is 65.7 Å². The Bertz CT molecular complexity index is 678. The zero-order valence-electron chi connectivity index (χ0n) is 9.86. The Kier molecular flexibility index (Phi) is 2.80. The van der Waals surface area contributed by atoms with Crippen LogP contribution in [-0.2, 0) is 15.5 Å². The molecule has 96 valence electrons. The van der Waals surface area contributed by atoms with Gasteiger partial charge in [0, 0.05) is 5.56 Å². The van der Waals surface area contributed by atoms with Gasteiger partial charge in [0.05, 0.1) is 0 Å². The van der Waals surface area contributed by atoms with Gasteiger partial charge in [-0.3, -0.25) is 0 Å². The summed E-state index contributed by atoms with van der Waals surface area (Å²) in [5.74, 6) is -1.25. The maximum absolute atomic E-state index is 11.2. The maximum atomic E-state index is 11.2. The minimum Gasteiger partial charge on any atom is -0.479 e. The molecule has 0 heterocycles. The van der Waals surface area contributed by atoms with E-state index in [0.717, 1.165) is 16.7 Å². The van der Waals surface area contributed by atoms with Crippen molar-refractivity contribution in [2.75, 3.05) is 0 Å². The zero-order chi connectivity index (χ0) is 13.6. The smallest absolute Gasteiger partial charge is 0.344 e. The van der Waals surface area contributed by atoms with Crippen LogP contribution >= 0.6 is 23.2 Å². The van der Waals surface area contributed by atoms with Crippen LogP contribution in [-0.4, -0.2) is 11.1 Å². The van der Waals surface area contributed by atoms with Crippen molar-refractivity contribution in [2.45, 2.75) is 10.8 Å². The topological polar surface area (TPSA) is 37.3 Å². The number of carboxylic acid groups (broad SMARTS) is 1.